The van der Waals surface area contributed by atoms with Gasteiger partial charge in [-0.25, -0.2) is 4.79 Å². The van der Waals surface area contributed by atoms with Gasteiger partial charge in [-0.15, -0.1) is 0 Å². The third-order valence-corrected chi connectivity index (χ3v) is 1.83. The Kier molecular flexibility index (Phi) is 2.90. The predicted octanol–water partition coefficient (Wildman–Crippen LogP) is -0.0773. The fraction of sp³-hybridized carbons (Fsp3) is 0.714. The van der Waals surface area contributed by atoms with Crippen LogP contribution in [0.3, 0.4) is 0 Å². The Labute approximate surface area is 70.1 Å². The molecule has 5 nitrogen and oxygen atoms in total. The molecule has 1 rings (SSSR count). The van der Waals surface area contributed by atoms with Crippen LogP contribution in [0.5, 0.6) is 0 Å². The summed E-state index contributed by atoms with van der Waals surface area (Å²) < 4.78 is 0. The summed E-state index contributed by atoms with van der Waals surface area (Å²) in [5, 5.41) is 13.2. The molecule has 1 atom stereocenters. The highest BCUT2D eigenvalue weighted by molar-refractivity contribution is 5.85. The molecular weight excluding hydrogens is 160 g/mol. The van der Waals surface area contributed by atoms with Gasteiger partial charge in [0.25, 0.3) is 0 Å². The van der Waals surface area contributed by atoms with Crippen LogP contribution in [0.4, 0.5) is 4.79 Å². The van der Waals surface area contributed by atoms with Gasteiger partial charge >= 0.3 is 6.09 Å². The highest BCUT2D eigenvalue weighted by atomic mass is 16.4. The standard InChI is InChI=1S/C7H12N2O3/c10-6-5(9-7(11)12)3-1-2-4-8-6/h5,9H,1-4H2,(H,8,10)(H,11,12)/t5-/m0/s1. The van der Waals surface area contributed by atoms with E-state index in [1.54, 1.807) is 0 Å². The maximum Gasteiger partial charge on any atom is 0.405 e. The third kappa shape index (κ3) is 2.41. The van der Waals surface area contributed by atoms with Gasteiger partial charge in [0.1, 0.15) is 6.04 Å². The summed E-state index contributed by atoms with van der Waals surface area (Å²) in [5.74, 6) is -0.213. The van der Waals surface area contributed by atoms with E-state index in [1.165, 1.54) is 0 Å². The zero-order chi connectivity index (χ0) is 8.97. The number of carbonyl (C=O) groups excluding carboxylic acids is 1. The number of carbonyl (C=O) groups is 2. The first kappa shape index (κ1) is 8.83. The van der Waals surface area contributed by atoms with E-state index in [9.17, 15) is 9.59 Å². The Morgan fingerprint density at radius 3 is 3.00 bits per heavy atom. The first-order valence-corrected chi connectivity index (χ1v) is 3.97. The fourth-order valence-electron chi connectivity index (χ4n) is 1.23. The number of hydrogen-bond acceptors (Lipinski definition) is 2. The van der Waals surface area contributed by atoms with Crippen LogP contribution in [0.15, 0.2) is 0 Å². The van der Waals surface area contributed by atoms with Gasteiger partial charge in [0.15, 0.2) is 0 Å². The molecule has 3 N–H and O–H groups in total. The lowest BCUT2D eigenvalue weighted by Crippen LogP contribution is -2.44. The Morgan fingerprint density at radius 2 is 2.33 bits per heavy atom. The fourth-order valence-corrected chi connectivity index (χ4v) is 1.23. The Morgan fingerprint density at radius 1 is 1.58 bits per heavy atom. The summed E-state index contributed by atoms with van der Waals surface area (Å²) in [7, 11) is 0. The minimum absolute atomic E-state index is 0.213. The maximum atomic E-state index is 11.1. The molecule has 1 heterocycles. The summed E-state index contributed by atoms with van der Waals surface area (Å²) >= 11 is 0. The van der Waals surface area contributed by atoms with Crippen LogP contribution in [0, 0.1) is 0 Å². The van der Waals surface area contributed by atoms with Crippen molar-refractivity contribution in [2.45, 2.75) is 25.3 Å². The van der Waals surface area contributed by atoms with Crippen LogP contribution >= 0.6 is 0 Å². The van der Waals surface area contributed by atoms with E-state index in [-0.39, 0.29) is 5.91 Å². The molecule has 0 saturated carbocycles. The number of nitrogens with one attached hydrogen (secondary N) is 2. The van der Waals surface area contributed by atoms with E-state index < -0.39 is 12.1 Å². The lowest BCUT2D eigenvalue weighted by atomic mass is 10.1. The van der Waals surface area contributed by atoms with Crippen molar-refractivity contribution in [2.24, 2.45) is 0 Å². The molecule has 0 aromatic heterocycles. The molecular formula is C7H12N2O3. The predicted molar refractivity (Wildman–Crippen MR) is 41.8 cm³/mol. The van der Waals surface area contributed by atoms with Crippen molar-refractivity contribution in [3.8, 4) is 0 Å². The summed E-state index contributed by atoms with van der Waals surface area (Å²) in [6.07, 6.45) is 1.25. The molecule has 12 heavy (non-hydrogen) atoms. The van der Waals surface area contributed by atoms with Gasteiger partial charge in [-0.05, 0) is 19.3 Å². The molecule has 1 aliphatic rings. The molecule has 1 fully saturated rings. The highest BCUT2D eigenvalue weighted by Gasteiger charge is 2.21. The van der Waals surface area contributed by atoms with Crippen LogP contribution < -0.4 is 10.6 Å². The van der Waals surface area contributed by atoms with Crippen molar-refractivity contribution in [3.63, 3.8) is 0 Å². The van der Waals surface area contributed by atoms with E-state index >= 15 is 0 Å². The quantitative estimate of drug-likeness (QED) is 0.517. The molecule has 0 unspecified atom stereocenters. The molecule has 2 amide bonds. The largest absolute Gasteiger partial charge is 0.465 e. The van der Waals surface area contributed by atoms with Gasteiger partial charge in [0.05, 0.1) is 0 Å². The Balaban J connectivity index is 2.47. The van der Waals surface area contributed by atoms with E-state index in [0.29, 0.717) is 13.0 Å². The van der Waals surface area contributed by atoms with Crippen molar-refractivity contribution >= 4 is 12.0 Å². The van der Waals surface area contributed by atoms with E-state index in [0.717, 1.165) is 12.8 Å². The van der Waals surface area contributed by atoms with Gasteiger partial charge < -0.3 is 15.7 Å². The number of carboxylic acid groups (broad SMARTS) is 1. The molecule has 0 radical (unpaired) electrons. The van der Waals surface area contributed by atoms with E-state index in [4.69, 9.17) is 5.11 Å². The minimum Gasteiger partial charge on any atom is -0.465 e. The van der Waals surface area contributed by atoms with Crippen LogP contribution in [0.1, 0.15) is 19.3 Å². The zero-order valence-electron chi connectivity index (χ0n) is 6.67. The van der Waals surface area contributed by atoms with Gasteiger partial charge in [-0.1, -0.05) is 0 Å². The van der Waals surface area contributed by atoms with Crippen LogP contribution in [0.2, 0.25) is 0 Å². The molecule has 0 aliphatic carbocycles. The molecule has 0 spiro atoms. The van der Waals surface area contributed by atoms with Crippen LogP contribution in [-0.4, -0.2) is 29.7 Å². The molecule has 5 heteroatoms. The van der Waals surface area contributed by atoms with Crippen molar-refractivity contribution in [2.75, 3.05) is 6.54 Å². The Hall–Kier alpha value is -1.26. The smallest absolute Gasteiger partial charge is 0.405 e. The second kappa shape index (κ2) is 3.94. The maximum absolute atomic E-state index is 11.1. The molecule has 1 aliphatic heterocycles. The third-order valence-electron chi connectivity index (χ3n) is 1.83. The average molecular weight is 172 g/mol. The van der Waals surface area contributed by atoms with Crippen molar-refractivity contribution in [3.05, 3.63) is 0 Å². The van der Waals surface area contributed by atoms with Gasteiger partial charge in [0, 0.05) is 6.54 Å². The minimum atomic E-state index is -1.14. The Bertz CT molecular complexity index is 193. The average Bonchev–Trinajstić information content (AvgIpc) is 2.16. The van der Waals surface area contributed by atoms with Crippen molar-refractivity contribution < 1.29 is 14.7 Å². The molecule has 0 bridgehead atoms. The highest BCUT2D eigenvalue weighted by Crippen LogP contribution is 2.04. The molecule has 0 aromatic carbocycles. The molecule has 0 aromatic rings. The zero-order valence-corrected chi connectivity index (χ0v) is 6.67. The second-order valence-electron chi connectivity index (χ2n) is 2.79. The van der Waals surface area contributed by atoms with Crippen molar-refractivity contribution in [1.29, 1.82) is 0 Å². The van der Waals surface area contributed by atoms with E-state index in [1.807, 2.05) is 0 Å². The summed E-state index contributed by atoms with van der Waals surface area (Å²) in [6.45, 7) is 0.649. The van der Waals surface area contributed by atoms with Gasteiger partial charge in [-0.3, -0.25) is 4.79 Å². The lowest BCUT2D eigenvalue weighted by molar-refractivity contribution is -0.122. The van der Waals surface area contributed by atoms with Gasteiger partial charge in [-0.2, -0.15) is 0 Å². The van der Waals surface area contributed by atoms with Crippen LogP contribution in [0.25, 0.3) is 0 Å². The topological polar surface area (TPSA) is 78.4 Å². The summed E-state index contributed by atoms with van der Waals surface area (Å²) in [6, 6.07) is -0.565. The summed E-state index contributed by atoms with van der Waals surface area (Å²) in [4.78, 5) is 21.3. The normalized spacial score (nSPS) is 24.0. The van der Waals surface area contributed by atoms with Gasteiger partial charge in [0.2, 0.25) is 5.91 Å². The molecule has 68 valence electrons. The first-order chi connectivity index (χ1) is 5.70. The number of rotatable bonds is 1. The van der Waals surface area contributed by atoms with E-state index in [2.05, 4.69) is 10.6 Å². The SMILES string of the molecule is O=C(O)N[C@H]1CCCCNC1=O. The molecule has 1 saturated heterocycles. The lowest BCUT2D eigenvalue weighted by Gasteiger charge is -2.11. The number of amides is 2. The second-order valence-corrected chi connectivity index (χ2v) is 2.79. The number of hydrogen-bond donors (Lipinski definition) is 3. The monoisotopic (exact) mass is 172 g/mol. The first-order valence-electron chi connectivity index (χ1n) is 3.97. The summed E-state index contributed by atoms with van der Waals surface area (Å²) in [5.41, 5.74) is 0. The van der Waals surface area contributed by atoms with Crippen molar-refractivity contribution in [1.82, 2.24) is 10.6 Å². The van der Waals surface area contributed by atoms with Crippen LogP contribution in [-0.2, 0) is 4.79 Å².